The lowest BCUT2D eigenvalue weighted by atomic mass is 10.0. The first-order chi connectivity index (χ1) is 31.0. The zero-order valence-electron chi connectivity index (χ0n) is 42.7. The molecule has 2 N–H and O–H groups in total. The van der Waals surface area contributed by atoms with E-state index >= 15 is 0 Å². The van der Waals surface area contributed by atoms with E-state index in [0.29, 0.717) is 17.4 Å². The van der Waals surface area contributed by atoms with Gasteiger partial charge in [0, 0.05) is 6.42 Å². The van der Waals surface area contributed by atoms with E-state index in [1.54, 1.807) is 6.08 Å². The molecule has 3 atom stereocenters. The number of likely N-dealkylation sites (N-methyl/N-ethyl adjacent to an activating group) is 1. The monoisotopic (exact) mass is 921 g/mol. The molecule has 64 heavy (non-hydrogen) atoms. The van der Waals surface area contributed by atoms with Gasteiger partial charge in [0.2, 0.25) is 5.91 Å². The molecule has 0 aliphatic rings. The van der Waals surface area contributed by atoms with Crippen LogP contribution >= 0.6 is 7.82 Å². The number of amides is 1. The smallest absolute Gasteiger partial charge is 0.268 e. The number of allylic oxidation sites excluding steroid dienone is 7. The minimum atomic E-state index is -4.61. The Morgan fingerprint density at radius 1 is 0.531 bits per heavy atom. The lowest BCUT2D eigenvalue weighted by molar-refractivity contribution is -0.870. The number of aliphatic hydroxyl groups excluding tert-OH is 1. The van der Waals surface area contributed by atoms with E-state index in [0.717, 1.165) is 44.9 Å². The van der Waals surface area contributed by atoms with Gasteiger partial charge in [-0.2, -0.15) is 0 Å². The lowest BCUT2D eigenvalue weighted by Crippen LogP contribution is -2.45. The standard InChI is InChI=1S/C55H105N2O6P/c1-6-8-10-12-14-16-18-20-22-24-26-27-28-29-31-32-34-36-38-40-42-44-46-48-54(58)53(52-63-64(60,61)62-51-50-57(3,4)5)56-55(59)49-47-45-43-41-39-37-35-33-30-25-23-21-19-17-15-13-11-9-7-2/h25,30-32,38,40,46,48,53-54,58H,6-24,26-29,33-37,39,41-45,47,49-52H2,1-5H3,(H-,56,59,60,61)/b30-25-,32-31+,40-38+,48-46+. The highest BCUT2D eigenvalue weighted by atomic mass is 31.2. The molecular formula is C55H105N2O6P. The summed E-state index contributed by atoms with van der Waals surface area (Å²) in [4.78, 5) is 25.4. The highest BCUT2D eigenvalue weighted by Gasteiger charge is 2.23. The van der Waals surface area contributed by atoms with Crippen LogP contribution in [0.3, 0.4) is 0 Å². The summed E-state index contributed by atoms with van der Waals surface area (Å²) in [5.74, 6) is -0.215. The van der Waals surface area contributed by atoms with Gasteiger partial charge >= 0.3 is 0 Å². The number of nitrogens with zero attached hydrogens (tertiary/aromatic N) is 1. The number of hydrogen-bond donors (Lipinski definition) is 2. The first kappa shape index (κ1) is 62.5. The van der Waals surface area contributed by atoms with Gasteiger partial charge in [-0.25, -0.2) is 0 Å². The van der Waals surface area contributed by atoms with Gasteiger partial charge in [-0.05, 0) is 70.6 Å². The molecule has 0 aliphatic heterocycles. The molecule has 0 rings (SSSR count). The molecule has 8 nitrogen and oxygen atoms in total. The topological polar surface area (TPSA) is 108 Å². The van der Waals surface area contributed by atoms with Crippen molar-refractivity contribution in [3.8, 4) is 0 Å². The maximum Gasteiger partial charge on any atom is 0.268 e. The van der Waals surface area contributed by atoms with Gasteiger partial charge in [0.05, 0.1) is 39.9 Å². The molecule has 9 heteroatoms. The van der Waals surface area contributed by atoms with E-state index in [-0.39, 0.29) is 12.5 Å². The van der Waals surface area contributed by atoms with Crippen molar-refractivity contribution in [3.63, 3.8) is 0 Å². The maximum absolute atomic E-state index is 12.9. The maximum atomic E-state index is 12.9. The van der Waals surface area contributed by atoms with Crippen LogP contribution in [0.4, 0.5) is 0 Å². The Hall–Kier alpha value is -1.54. The zero-order valence-corrected chi connectivity index (χ0v) is 43.6. The van der Waals surface area contributed by atoms with Gasteiger partial charge in [0.25, 0.3) is 7.82 Å². The van der Waals surface area contributed by atoms with Crippen molar-refractivity contribution in [2.24, 2.45) is 0 Å². The Morgan fingerprint density at radius 3 is 1.27 bits per heavy atom. The number of unbranched alkanes of at least 4 members (excludes halogenated alkanes) is 30. The molecule has 0 aromatic heterocycles. The van der Waals surface area contributed by atoms with Crippen molar-refractivity contribution in [1.29, 1.82) is 0 Å². The van der Waals surface area contributed by atoms with Crippen LogP contribution in [0.25, 0.3) is 0 Å². The van der Waals surface area contributed by atoms with Crippen LogP contribution in [0.2, 0.25) is 0 Å². The van der Waals surface area contributed by atoms with Crippen molar-refractivity contribution in [2.75, 3.05) is 40.9 Å². The van der Waals surface area contributed by atoms with Crippen LogP contribution in [-0.2, 0) is 18.4 Å². The molecular weight excluding hydrogens is 816 g/mol. The van der Waals surface area contributed by atoms with Gasteiger partial charge in [-0.1, -0.05) is 217 Å². The Bertz CT molecular complexity index is 1180. The van der Waals surface area contributed by atoms with E-state index in [1.165, 1.54) is 180 Å². The van der Waals surface area contributed by atoms with E-state index in [1.807, 2.05) is 27.2 Å². The quantitative estimate of drug-likeness (QED) is 0.0272. The fraction of sp³-hybridized carbons (Fsp3) is 0.836. The highest BCUT2D eigenvalue weighted by Crippen LogP contribution is 2.38. The molecule has 0 spiro atoms. The van der Waals surface area contributed by atoms with Crippen LogP contribution in [0.15, 0.2) is 48.6 Å². The van der Waals surface area contributed by atoms with Gasteiger partial charge in [0.1, 0.15) is 13.2 Å². The fourth-order valence-corrected chi connectivity index (χ4v) is 8.43. The molecule has 0 heterocycles. The van der Waals surface area contributed by atoms with Crippen LogP contribution in [0.1, 0.15) is 245 Å². The fourth-order valence-electron chi connectivity index (χ4n) is 7.71. The average Bonchev–Trinajstić information content (AvgIpc) is 3.25. The summed E-state index contributed by atoms with van der Waals surface area (Å²) in [6, 6.07) is -0.913. The zero-order chi connectivity index (χ0) is 47.1. The summed E-state index contributed by atoms with van der Waals surface area (Å²) < 4.78 is 23.3. The number of phosphoric acid groups is 1. The highest BCUT2D eigenvalue weighted by molar-refractivity contribution is 7.45. The van der Waals surface area contributed by atoms with E-state index in [9.17, 15) is 19.4 Å². The first-order valence-corrected chi connectivity index (χ1v) is 28.5. The summed E-state index contributed by atoms with van der Waals surface area (Å²) in [7, 11) is 1.23. The van der Waals surface area contributed by atoms with Gasteiger partial charge < -0.3 is 28.8 Å². The minimum absolute atomic E-state index is 0.0104. The van der Waals surface area contributed by atoms with Crippen molar-refractivity contribution in [3.05, 3.63) is 48.6 Å². The van der Waals surface area contributed by atoms with Crippen molar-refractivity contribution < 1.29 is 32.9 Å². The van der Waals surface area contributed by atoms with Gasteiger partial charge in [-0.15, -0.1) is 0 Å². The van der Waals surface area contributed by atoms with Gasteiger partial charge in [0.15, 0.2) is 0 Å². The number of rotatable bonds is 49. The molecule has 0 bridgehead atoms. The minimum Gasteiger partial charge on any atom is -0.756 e. The summed E-state index contributed by atoms with van der Waals surface area (Å²) in [6.07, 6.45) is 60.4. The second kappa shape index (κ2) is 46.6. The molecule has 0 radical (unpaired) electrons. The Labute approximate surface area is 397 Å². The molecule has 0 saturated carbocycles. The number of aliphatic hydroxyl groups is 1. The van der Waals surface area contributed by atoms with Crippen molar-refractivity contribution >= 4 is 13.7 Å². The molecule has 0 saturated heterocycles. The summed E-state index contributed by atoms with van der Waals surface area (Å²) in [6.45, 7) is 4.63. The molecule has 0 aromatic rings. The molecule has 3 unspecified atom stereocenters. The third-order valence-corrected chi connectivity index (χ3v) is 13.0. The van der Waals surface area contributed by atoms with Crippen molar-refractivity contribution in [1.82, 2.24) is 5.32 Å². The SMILES string of the molecule is CCCCCCCCCC/C=C\CCCCCCCCCC(=O)NC(COP(=O)([O-])OCC[N+](C)(C)C)C(O)/C=C/CC/C=C/CC/C=C/CCCCCCCCCCCCCCC. The summed E-state index contributed by atoms with van der Waals surface area (Å²) >= 11 is 0. The summed E-state index contributed by atoms with van der Waals surface area (Å²) in [5.41, 5.74) is 0. The van der Waals surface area contributed by atoms with Crippen molar-refractivity contribution in [2.45, 2.75) is 257 Å². The van der Waals surface area contributed by atoms with E-state index in [2.05, 4.69) is 55.6 Å². The molecule has 0 fully saturated rings. The first-order valence-electron chi connectivity index (χ1n) is 27.0. The number of nitrogens with one attached hydrogen (secondary N) is 1. The molecule has 0 aromatic carbocycles. The Balaban J connectivity index is 4.36. The van der Waals surface area contributed by atoms with Crippen LogP contribution in [0.5, 0.6) is 0 Å². The predicted octanol–water partition coefficient (Wildman–Crippen LogP) is 15.3. The Morgan fingerprint density at radius 2 is 0.875 bits per heavy atom. The van der Waals surface area contributed by atoms with Gasteiger partial charge in [-0.3, -0.25) is 9.36 Å². The summed E-state index contributed by atoms with van der Waals surface area (Å²) in [5, 5.41) is 13.8. The lowest BCUT2D eigenvalue weighted by Gasteiger charge is -2.29. The largest absolute Gasteiger partial charge is 0.756 e. The molecule has 1 amide bonds. The number of quaternary nitrogens is 1. The molecule has 0 aliphatic carbocycles. The number of carbonyl (C=O) groups excluding carboxylic acids is 1. The van der Waals surface area contributed by atoms with E-state index in [4.69, 9.17) is 9.05 Å². The number of hydrogen-bond acceptors (Lipinski definition) is 6. The molecule has 376 valence electrons. The number of carbonyl (C=O) groups is 1. The third kappa shape index (κ3) is 48.4. The van der Waals surface area contributed by atoms with Crippen LogP contribution < -0.4 is 10.2 Å². The third-order valence-electron chi connectivity index (χ3n) is 12.0. The predicted molar refractivity (Wildman–Crippen MR) is 274 cm³/mol. The average molecular weight is 921 g/mol. The normalized spacial score (nSPS) is 14.4. The number of phosphoric ester groups is 1. The second-order valence-corrected chi connectivity index (χ2v) is 21.0. The van der Waals surface area contributed by atoms with Crippen LogP contribution in [-0.4, -0.2) is 68.5 Å². The second-order valence-electron chi connectivity index (χ2n) is 19.6. The Kier molecular flexibility index (Phi) is 45.4. The van der Waals surface area contributed by atoms with E-state index < -0.39 is 26.6 Å². The van der Waals surface area contributed by atoms with Crippen LogP contribution in [0, 0.1) is 0 Å².